The van der Waals surface area contributed by atoms with Gasteiger partial charge in [-0.15, -0.1) is 11.3 Å². The molecule has 2 aromatic rings. The number of carbonyl (C=O) groups is 1. The van der Waals surface area contributed by atoms with Gasteiger partial charge in [0.25, 0.3) is 5.91 Å². The molecule has 0 bridgehead atoms. The molecule has 0 unspecified atom stereocenters. The van der Waals surface area contributed by atoms with Crippen LogP contribution in [0.3, 0.4) is 0 Å². The van der Waals surface area contributed by atoms with Gasteiger partial charge >= 0.3 is 0 Å². The number of thiophene rings is 1. The number of primary amides is 1. The largest absolute Gasteiger partial charge is 0.365 e. The van der Waals surface area contributed by atoms with E-state index >= 15 is 0 Å². The summed E-state index contributed by atoms with van der Waals surface area (Å²) >= 11 is 1.46. The standard InChI is InChI=1S/C10H9NOS/c1-6-7-4-2-3-5-8(7)13-9(6)10(11)12/h2-5H,1H3,(H2,11,12). The van der Waals surface area contributed by atoms with Gasteiger partial charge in [0.2, 0.25) is 0 Å². The van der Waals surface area contributed by atoms with Crippen LogP contribution < -0.4 is 5.73 Å². The van der Waals surface area contributed by atoms with Crippen LogP contribution in [0.15, 0.2) is 24.3 Å². The number of fused-ring (bicyclic) bond motifs is 1. The molecule has 3 heteroatoms. The average molecular weight is 191 g/mol. The third-order valence-corrected chi connectivity index (χ3v) is 3.35. The highest BCUT2D eigenvalue weighted by atomic mass is 32.1. The van der Waals surface area contributed by atoms with Crippen LogP contribution in [0.1, 0.15) is 15.2 Å². The third kappa shape index (κ3) is 1.21. The zero-order valence-electron chi connectivity index (χ0n) is 7.20. The smallest absolute Gasteiger partial charge is 0.259 e. The monoisotopic (exact) mass is 191 g/mol. The Kier molecular flexibility index (Phi) is 1.81. The van der Waals surface area contributed by atoms with Gasteiger partial charge in [0.15, 0.2) is 0 Å². The lowest BCUT2D eigenvalue weighted by molar-refractivity contribution is 0.100. The molecule has 1 amide bonds. The molecule has 0 radical (unpaired) electrons. The summed E-state index contributed by atoms with van der Waals surface area (Å²) in [5.74, 6) is -0.335. The molecule has 2 N–H and O–H groups in total. The van der Waals surface area contributed by atoms with Crippen molar-refractivity contribution in [2.75, 3.05) is 0 Å². The maximum absolute atomic E-state index is 11.0. The second-order valence-electron chi connectivity index (χ2n) is 2.92. The summed E-state index contributed by atoms with van der Waals surface area (Å²) in [6, 6.07) is 7.93. The van der Waals surface area contributed by atoms with Gasteiger partial charge in [-0.3, -0.25) is 4.79 Å². The van der Waals surface area contributed by atoms with Crippen LogP contribution in [0.5, 0.6) is 0 Å². The van der Waals surface area contributed by atoms with Gasteiger partial charge in [-0.25, -0.2) is 0 Å². The molecular formula is C10H9NOS. The molecule has 0 saturated carbocycles. The van der Waals surface area contributed by atoms with Gasteiger partial charge in [-0.1, -0.05) is 18.2 Å². The lowest BCUT2D eigenvalue weighted by Gasteiger charge is -1.90. The molecule has 1 aromatic carbocycles. The summed E-state index contributed by atoms with van der Waals surface area (Å²) in [5.41, 5.74) is 6.24. The molecule has 1 heterocycles. The van der Waals surface area contributed by atoms with Crippen molar-refractivity contribution in [2.24, 2.45) is 5.73 Å². The fourth-order valence-electron chi connectivity index (χ4n) is 1.41. The van der Waals surface area contributed by atoms with Gasteiger partial charge in [0, 0.05) is 4.70 Å². The summed E-state index contributed by atoms with van der Waals surface area (Å²) in [7, 11) is 0. The Morgan fingerprint density at radius 3 is 2.69 bits per heavy atom. The summed E-state index contributed by atoms with van der Waals surface area (Å²) in [6.45, 7) is 1.93. The summed E-state index contributed by atoms with van der Waals surface area (Å²) < 4.78 is 1.12. The number of carbonyl (C=O) groups excluding carboxylic acids is 1. The number of aryl methyl sites for hydroxylation is 1. The summed E-state index contributed by atoms with van der Waals surface area (Å²) in [5, 5.41) is 1.13. The van der Waals surface area contributed by atoms with E-state index in [0.29, 0.717) is 4.88 Å². The normalized spacial score (nSPS) is 10.5. The van der Waals surface area contributed by atoms with Crippen LogP contribution in [0.25, 0.3) is 10.1 Å². The topological polar surface area (TPSA) is 43.1 Å². The SMILES string of the molecule is Cc1c(C(N)=O)sc2ccccc12. The van der Waals surface area contributed by atoms with Crippen molar-refractivity contribution in [3.8, 4) is 0 Å². The maximum Gasteiger partial charge on any atom is 0.259 e. The second-order valence-corrected chi connectivity index (χ2v) is 3.97. The quantitative estimate of drug-likeness (QED) is 0.738. The minimum absolute atomic E-state index is 0.335. The maximum atomic E-state index is 11.0. The first-order valence-corrected chi connectivity index (χ1v) is 4.79. The van der Waals surface area contributed by atoms with E-state index in [9.17, 15) is 4.79 Å². The van der Waals surface area contributed by atoms with Gasteiger partial charge in [0.05, 0.1) is 4.88 Å². The summed E-state index contributed by atoms with van der Waals surface area (Å²) in [6.07, 6.45) is 0. The second kappa shape index (κ2) is 2.85. The fraction of sp³-hybridized carbons (Fsp3) is 0.100. The first-order chi connectivity index (χ1) is 6.20. The predicted molar refractivity (Wildman–Crippen MR) is 55.1 cm³/mol. The highest BCUT2D eigenvalue weighted by Crippen LogP contribution is 2.29. The number of hydrogen-bond donors (Lipinski definition) is 1. The molecule has 1 aromatic heterocycles. The molecule has 2 rings (SSSR count). The lowest BCUT2D eigenvalue weighted by atomic mass is 10.1. The number of nitrogens with two attached hydrogens (primary N) is 1. The van der Waals surface area contributed by atoms with Crippen molar-refractivity contribution < 1.29 is 4.79 Å². The molecule has 0 fully saturated rings. The molecule has 66 valence electrons. The number of amides is 1. The zero-order chi connectivity index (χ0) is 9.42. The minimum Gasteiger partial charge on any atom is -0.365 e. The Bertz CT molecular complexity index is 473. The molecule has 0 aliphatic carbocycles. The Morgan fingerprint density at radius 1 is 1.38 bits per heavy atom. The molecular weight excluding hydrogens is 182 g/mol. The van der Waals surface area contributed by atoms with Crippen LogP contribution in [0.2, 0.25) is 0 Å². The highest BCUT2D eigenvalue weighted by Gasteiger charge is 2.11. The first kappa shape index (κ1) is 8.26. The Hall–Kier alpha value is -1.35. The van der Waals surface area contributed by atoms with E-state index in [1.54, 1.807) is 0 Å². The van der Waals surface area contributed by atoms with Crippen molar-refractivity contribution in [3.63, 3.8) is 0 Å². The van der Waals surface area contributed by atoms with Crippen LogP contribution in [-0.4, -0.2) is 5.91 Å². The van der Waals surface area contributed by atoms with Crippen molar-refractivity contribution in [3.05, 3.63) is 34.7 Å². The number of rotatable bonds is 1. The van der Waals surface area contributed by atoms with Gasteiger partial charge < -0.3 is 5.73 Å². The Labute approximate surface area is 80.0 Å². The van der Waals surface area contributed by atoms with E-state index in [4.69, 9.17) is 5.73 Å². The first-order valence-electron chi connectivity index (χ1n) is 3.98. The molecule has 0 spiro atoms. The van der Waals surface area contributed by atoms with Crippen molar-refractivity contribution in [1.29, 1.82) is 0 Å². The van der Waals surface area contributed by atoms with Crippen LogP contribution >= 0.6 is 11.3 Å². The van der Waals surface area contributed by atoms with E-state index in [2.05, 4.69) is 0 Å². The molecule has 0 saturated heterocycles. The molecule has 0 aliphatic rings. The van der Waals surface area contributed by atoms with Crippen molar-refractivity contribution >= 4 is 27.3 Å². The van der Waals surface area contributed by atoms with Crippen molar-refractivity contribution in [1.82, 2.24) is 0 Å². The van der Waals surface area contributed by atoms with Crippen LogP contribution in [0, 0.1) is 6.92 Å². The van der Waals surface area contributed by atoms with Gasteiger partial charge in [0.1, 0.15) is 0 Å². The average Bonchev–Trinajstić information content (AvgIpc) is 2.45. The molecule has 2 nitrogen and oxygen atoms in total. The van der Waals surface area contributed by atoms with E-state index in [0.717, 1.165) is 15.6 Å². The number of hydrogen-bond acceptors (Lipinski definition) is 2. The van der Waals surface area contributed by atoms with Gasteiger partial charge in [-0.05, 0) is 23.9 Å². The fourth-order valence-corrected chi connectivity index (χ4v) is 2.47. The third-order valence-electron chi connectivity index (χ3n) is 2.07. The number of benzene rings is 1. The van der Waals surface area contributed by atoms with E-state index in [1.807, 2.05) is 31.2 Å². The lowest BCUT2D eigenvalue weighted by Crippen LogP contribution is -2.09. The predicted octanol–water partition coefficient (Wildman–Crippen LogP) is 2.31. The Balaban J connectivity index is 2.81. The van der Waals surface area contributed by atoms with Crippen molar-refractivity contribution in [2.45, 2.75) is 6.92 Å². The van der Waals surface area contributed by atoms with Gasteiger partial charge in [-0.2, -0.15) is 0 Å². The molecule has 13 heavy (non-hydrogen) atoms. The van der Waals surface area contributed by atoms with Crippen LogP contribution in [0.4, 0.5) is 0 Å². The van der Waals surface area contributed by atoms with E-state index in [-0.39, 0.29) is 5.91 Å². The highest BCUT2D eigenvalue weighted by molar-refractivity contribution is 7.21. The minimum atomic E-state index is -0.335. The molecule has 0 atom stereocenters. The van der Waals surface area contributed by atoms with Crippen LogP contribution in [-0.2, 0) is 0 Å². The summed E-state index contributed by atoms with van der Waals surface area (Å²) in [4.78, 5) is 11.7. The van der Waals surface area contributed by atoms with E-state index < -0.39 is 0 Å². The zero-order valence-corrected chi connectivity index (χ0v) is 8.02. The van der Waals surface area contributed by atoms with E-state index in [1.165, 1.54) is 11.3 Å². The molecule has 0 aliphatic heterocycles. The Morgan fingerprint density at radius 2 is 2.08 bits per heavy atom.